The topological polar surface area (TPSA) is 38.7 Å². The van der Waals surface area contributed by atoms with Crippen LogP contribution in [0.15, 0.2) is 24.3 Å². The lowest BCUT2D eigenvalue weighted by molar-refractivity contribution is -0.168. The largest absolute Gasteiger partial charge is 0.390 e. The summed E-state index contributed by atoms with van der Waals surface area (Å²) in [5.74, 6) is 0.487. The number of benzene rings is 1. The van der Waals surface area contributed by atoms with Crippen molar-refractivity contribution >= 4 is 0 Å². The monoisotopic (exact) mass is 276 g/mol. The lowest BCUT2D eigenvalue weighted by Crippen LogP contribution is -2.50. The van der Waals surface area contributed by atoms with E-state index in [2.05, 4.69) is 24.3 Å². The molecule has 1 aliphatic carbocycles. The Kier molecular flexibility index (Phi) is 4.11. The maximum absolute atomic E-state index is 10.7. The summed E-state index contributed by atoms with van der Waals surface area (Å²) in [5, 5.41) is 10.7. The SMILES string of the molecule is CCOC1(C(O)CC2Cc3ccccc32)CCOCC1. The van der Waals surface area contributed by atoms with E-state index in [0.717, 1.165) is 25.7 Å². The third-order valence-electron chi connectivity index (χ3n) is 4.85. The molecule has 1 aliphatic heterocycles. The maximum Gasteiger partial charge on any atom is 0.0983 e. The second-order valence-electron chi connectivity index (χ2n) is 5.96. The highest BCUT2D eigenvalue weighted by Gasteiger charge is 2.42. The van der Waals surface area contributed by atoms with Crippen molar-refractivity contribution in [1.82, 2.24) is 0 Å². The molecule has 3 nitrogen and oxygen atoms in total. The van der Waals surface area contributed by atoms with Crippen LogP contribution in [0.3, 0.4) is 0 Å². The van der Waals surface area contributed by atoms with Crippen LogP contribution in [0, 0.1) is 0 Å². The van der Waals surface area contributed by atoms with E-state index >= 15 is 0 Å². The molecule has 0 saturated carbocycles. The first-order chi connectivity index (χ1) is 9.75. The van der Waals surface area contributed by atoms with E-state index in [1.54, 1.807) is 0 Å². The molecule has 1 heterocycles. The second-order valence-corrected chi connectivity index (χ2v) is 5.96. The van der Waals surface area contributed by atoms with Gasteiger partial charge in [-0.3, -0.25) is 0 Å². The highest BCUT2D eigenvalue weighted by atomic mass is 16.5. The predicted octanol–water partition coefficient (Wildman–Crippen LogP) is 2.66. The lowest BCUT2D eigenvalue weighted by Gasteiger charge is -2.43. The van der Waals surface area contributed by atoms with Gasteiger partial charge in [-0.05, 0) is 36.8 Å². The molecule has 1 fully saturated rings. The first-order valence-electron chi connectivity index (χ1n) is 7.73. The van der Waals surface area contributed by atoms with Crippen molar-refractivity contribution in [3.05, 3.63) is 35.4 Å². The molecule has 0 spiro atoms. The molecule has 1 aromatic rings. The van der Waals surface area contributed by atoms with Crippen molar-refractivity contribution < 1.29 is 14.6 Å². The van der Waals surface area contributed by atoms with E-state index in [1.807, 2.05) is 6.92 Å². The fourth-order valence-electron chi connectivity index (χ4n) is 3.64. The zero-order chi connectivity index (χ0) is 14.0. The van der Waals surface area contributed by atoms with Crippen LogP contribution in [0.5, 0.6) is 0 Å². The quantitative estimate of drug-likeness (QED) is 0.898. The summed E-state index contributed by atoms with van der Waals surface area (Å²) in [7, 11) is 0. The number of rotatable bonds is 5. The number of aliphatic hydroxyl groups excluding tert-OH is 1. The molecule has 3 rings (SSSR count). The summed E-state index contributed by atoms with van der Waals surface area (Å²) in [4.78, 5) is 0. The zero-order valence-electron chi connectivity index (χ0n) is 12.2. The predicted molar refractivity (Wildman–Crippen MR) is 77.9 cm³/mol. The molecule has 0 amide bonds. The first-order valence-corrected chi connectivity index (χ1v) is 7.73. The molecular weight excluding hydrogens is 252 g/mol. The van der Waals surface area contributed by atoms with Gasteiger partial charge in [0.05, 0.1) is 11.7 Å². The Morgan fingerprint density at radius 1 is 1.35 bits per heavy atom. The number of fused-ring (bicyclic) bond motifs is 1. The molecule has 110 valence electrons. The Hall–Kier alpha value is -0.900. The average Bonchev–Trinajstić information content (AvgIpc) is 2.46. The summed E-state index contributed by atoms with van der Waals surface area (Å²) >= 11 is 0. The normalized spacial score (nSPS) is 25.6. The third-order valence-corrected chi connectivity index (χ3v) is 4.85. The number of hydrogen-bond donors (Lipinski definition) is 1. The van der Waals surface area contributed by atoms with Crippen LogP contribution in [0.4, 0.5) is 0 Å². The van der Waals surface area contributed by atoms with Crippen LogP contribution in [-0.2, 0) is 15.9 Å². The summed E-state index contributed by atoms with van der Waals surface area (Å²) in [6.45, 7) is 4.04. The van der Waals surface area contributed by atoms with Gasteiger partial charge in [-0.2, -0.15) is 0 Å². The van der Waals surface area contributed by atoms with Crippen molar-refractivity contribution in [2.75, 3.05) is 19.8 Å². The standard InChI is InChI=1S/C17H24O3/c1-2-20-17(7-9-19-10-8-17)16(18)12-14-11-13-5-3-4-6-15(13)14/h3-6,14,16,18H,2,7-12H2,1H3. The van der Waals surface area contributed by atoms with Crippen molar-refractivity contribution in [3.8, 4) is 0 Å². The number of hydrogen-bond acceptors (Lipinski definition) is 3. The molecule has 0 radical (unpaired) electrons. The van der Waals surface area contributed by atoms with E-state index in [0.29, 0.717) is 25.7 Å². The van der Waals surface area contributed by atoms with Gasteiger partial charge in [-0.1, -0.05) is 24.3 Å². The Balaban J connectivity index is 1.67. The summed E-state index contributed by atoms with van der Waals surface area (Å²) in [5.41, 5.74) is 2.45. The lowest BCUT2D eigenvalue weighted by atomic mass is 9.72. The molecule has 20 heavy (non-hydrogen) atoms. The van der Waals surface area contributed by atoms with Gasteiger partial charge < -0.3 is 14.6 Å². The molecule has 2 atom stereocenters. The van der Waals surface area contributed by atoms with Gasteiger partial charge in [0, 0.05) is 32.7 Å². The average molecular weight is 276 g/mol. The van der Waals surface area contributed by atoms with Crippen molar-refractivity contribution in [1.29, 1.82) is 0 Å². The minimum atomic E-state index is -0.398. The van der Waals surface area contributed by atoms with Gasteiger partial charge in [-0.25, -0.2) is 0 Å². The highest BCUT2D eigenvalue weighted by Crippen LogP contribution is 2.41. The van der Waals surface area contributed by atoms with E-state index < -0.39 is 11.7 Å². The van der Waals surface area contributed by atoms with Crippen LogP contribution in [0.1, 0.15) is 43.2 Å². The molecule has 0 aromatic heterocycles. The van der Waals surface area contributed by atoms with Crippen LogP contribution >= 0.6 is 0 Å². The fourth-order valence-corrected chi connectivity index (χ4v) is 3.64. The summed E-state index contributed by atoms with van der Waals surface area (Å²) in [6.07, 6.45) is 3.10. The van der Waals surface area contributed by atoms with Gasteiger partial charge >= 0.3 is 0 Å². The summed E-state index contributed by atoms with van der Waals surface area (Å²) in [6, 6.07) is 8.55. The molecule has 1 N–H and O–H groups in total. The Labute approximate surface area is 120 Å². The Morgan fingerprint density at radius 2 is 2.10 bits per heavy atom. The summed E-state index contributed by atoms with van der Waals surface area (Å²) < 4.78 is 11.4. The zero-order valence-corrected chi connectivity index (χ0v) is 12.2. The van der Waals surface area contributed by atoms with Gasteiger partial charge in [0.1, 0.15) is 0 Å². The molecule has 0 bridgehead atoms. The molecule has 1 aromatic carbocycles. The number of aliphatic hydroxyl groups is 1. The van der Waals surface area contributed by atoms with E-state index in [9.17, 15) is 5.11 Å². The second kappa shape index (κ2) is 5.84. The van der Waals surface area contributed by atoms with E-state index in [4.69, 9.17) is 9.47 Å². The molecule has 2 unspecified atom stereocenters. The van der Waals surface area contributed by atoms with Gasteiger partial charge in [0.25, 0.3) is 0 Å². The fraction of sp³-hybridized carbons (Fsp3) is 0.647. The minimum Gasteiger partial charge on any atom is -0.390 e. The van der Waals surface area contributed by atoms with Crippen LogP contribution < -0.4 is 0 Å². The van der Waals surface area contributed by atoms with E-state index in [-0.39, 0.29) is 0 Å². The smallest absolute Gasteiger partial charge is 0.0983 e. The van der Waals surface area contributed by atoms with Crippen LogP contribution in [0.25, 0.3) is 0 Å². The van der Waals surface area contributed by atoms with Gasteiger partial charge in [0.2, 0.25) is 0 Å². The van der Waals surface area contributed by atoms with Gasteiger partial charge in [-0.15, -0.1) is 0 Å². The van der Waals surface area contributed by atoms with Crippen molar-refractivity contribution in [2.45, 2.75) is 50.2 Å². The third kappa shape index (κ3) is 2.50. The van der Waals surface area contributed by atoms with Crippen LogP contribution in [0.2, 0.25) is 0 Å². The van der Waals surface area contributed by atoms with Crippen molar-refractivity contribution in [3.63, 3.8) is 0 Å². The minimum absolute atomic E-state index is 0.391. The Bertz CT molecular complexity index is 446. The van der Waals surface area contributed by atoms with Crippen molar-refractivity contribution in [2.24, 2.45) is 0 Å². The van der Waals surface area contributed by atoms with E-state index in [1.165, 1.54) is 11.1 Å². The highest BCUT2D eigenvalue weighted by molar-refractivity contribution is 5.40. The maximum atomic E-state index is 10.7. The molecule has 2 aliphatic rings. The first kappa shape index (κ1) is 14.1. The molecule has 3 heteroatoms. The Morgan fingerprint density at radius 3 is 2.80 bits per heavy atom. The number of ether oxygens (including phenoxy) is 2. The van der Waals surface area contributed by atoms with Gasteiger partial charge in [0.15, 0.2) is 0 Å². The molecular formula is C17H24O3. The van der Waals surface area contributed by atoms with Crippen LogP contribution in [-0.4, -0.2) is 36.6 Å². The molecule has 1 saturated heterocycles.